The zero-order valence-corrected chi connectivity index (χ0v) is 16.6. The molecule has 0 aliphatic heterocycles. The molecule has 0 saturated heterocycles. The molecule has 0 aliphatic rings. The molecule has 0 radical (unpaired) electrons. The van der Waals surface area contributed by atoms with Crippen molar-refractivity contribution in [2.24, 2.45) is 0 Å². The molecular weight excluding hydrogens is 374 g/mol. The second-order valence-corrected chi connectivity index (χ2v) is 6.79. The van der Waals surface area contributed by atoms with Crippen LogP contribution in [0.4, 0.5) is 0 Å². The minimum absolute atomic E-state index is 0.0263. The zero-order valence-electron chi connectivity index (χ0n) is 15.8. The van der Waals surface area contributed by atoms with E-state index in [4.69, 9.17) is 9.47 Å². The molecule has 2 aromatic carbocycles. The van der Waals surface area contributed by atoms with Crippen molar-refractivity contribution in [2.45, 2.75) is 11.7 Å². The van der Waals surface area contributed by atoms with Crippen LogP contribution in [0.15, 0.2) is 66.3 Å². The Bertz CT molecular complexity index is 967. The normalized spacial score (nSPS) is 10.5. The molecule has 7 heteroatoms. The highest BCUT2D eigenvalue weighted by molar-refractivity contribution is 7.99. The summed E-state index contributed by atoms with van der Waals surface area (Å²) in [6, 6.07) is 14.8. The van der Waals surface area contributed by atoms with Gasteiger partial charge in [-0.1, -0.05) is 30.0 Å². The Balaban J connectivity index is 1.81. The Morgan fingerprint density at radius 2 is 1.86 bits per heavy atom. The molecule has 1 heterocycles. The van der Waals surface area contributed by atoms with Crippen LogP contribution in [-0.4, -0.2) is 40.5 Å². The summed E-state index contributed by atoms with van der Waals surface area (Å²) in [4.78, 5) is 12.6. The molecular formula is C21H21N3O3S. The molecule has 1 aromatic heterocycles. The summed E-state index contributed by atoms with van der Waals surface area (Å²) >= 11 is 1.34. The fourth-order valence-corrected chi connectivity index (χ4v) is 3.56. The van der Waals surface area contributed by atoms with Crippen LogP contribution in [0, 0.1) is 0 Å². The van der Waals surface area contributed by atoms with Crippen LogP contribution in [0.3, 0.4) is 0 Å². The van der Waals surface area contributed by atoms with Crippen molar-refractivity contribution in [1.82, 2.24) is 14.8 Å². The average Bonchev–Trinajstić information content (AvgIpc) is 3.14. The molecule has 28 heavy (non-hydrogen) atoms. The number of Topliss-reactive ketones (excluding diaryl/α,β-unsaturated/α-hetero) is 1. The van der Waals surface area contributed by atoms with Crippen molar-refractivity contribution in [3.63, 3.8) is 0 Å². The maximum Gasteiger partial charge on any atom is 0.192 e. The van der Waals surface area contributed by atoms with Gasteiger partial charge in [-0.3, -0.25) is 9.36 Å². The number of ether oxygens (including phenoxy) is 2. The number of thioether (sulfide) groups is 1. The largest absolute Gasteiger partial charge is 0.497 e. The van der Waals surface area contributed by atoms with Crippen molar-refractivity contribution in [3.05, 3.63) is 66.7 Å². The van der Waals surface area contributed by atoms with Gasteiger partial charge in [0.25, 0.3) is 0 Å². The summed E-state index contributed by atoms with van der Waals surface area (Å²) in [7, 11) is 3.18. The third kappa shape index (κ3) is 4.26. The lowest BCUT2D eigenvalue weighted by Gasteiger charge is -2.09. The number of para-hydroxylation sites is 1. The summed E-state index contributed by atoms with van der Waals surface area (Å²) < 4.78 is 12.4. The zero-order chi connectivity index (χ0) is 19.9. The number of carbonyl (C=O) groups excluding carboxylic acids is 1. The third-order valence-corrected chi connectivity index (χ3v) is 5.08. The quantitative estimate of drug-likeness (QED) is 0.308. The Morgan fingerprint density at radius 3 is 2.54 bits per heavy atom. The van der Waals surface area contributed by atoms with Gasteiger partial charge in [-0.2, -0.15) is 0 Å². The minimum Gasteiger partial charge on any atom is -0.497 e. The number of aromatic nitrogens is 3. The number of nitrogens with zero attached hydrogens (tertiary/aromatic N) is 3. The monoisotopic (exact) mass is 395 g/mol. The first-order chi connectivity index (χ1) is 13.7. The summed E-state index contributed by atoms with van der Waals surface area (Å²) in [5.41, 5.74) is 1.47. The first-order valence-electron chi connectivity index (χ1n) is 8.65. The lowest BCUT2D eigenvalue weighted by Crippen LogP contribution is -2.07. The first kappa shape index (κ1) is 19.7. The highest BCUT2D eigenvalue weighted by Gasteiger charge is 2.17. The van der Waals surface area contributed by atoms with Crippen LogP contribution in [0.25, 0.3) is 11.4 Å². The second-order valence-electron chi connectivity index (χ2n) is 5.85. The van der Waals surface area contributed by atoms with E-state index in [2.05, 4.69) is 16.8 Å². The van der Waals surface area contributed by atoms with Gasteiger partial charge in [0, 0.05) is 12.1 Å². The van der Waals surface area contributed by atoms with Gasteiger partial charge in [0.2, 0.25) is 0 Å². The number of methoxy groups -OCH3 is 2. The fourth-order valence-electron chi connectivity index (χ4n) is 2.73. The number of allylic oxidation sites excluding steroid dienone is 1. The number of hydrogen-bond donors (Lipinski definition) is 0. The van der Waals surface area contributed by atoms with Crippen molar-refractivity contribution in [1.29, 1.82) is 0 Å². The fraction of sp³-hybridized carbons (Fsp3) is 0.190. The van der Waals surface area contributed by atoms with E-state index in [1.807, 2.05) is 41.0 Å². The molecule has 0 atom stereocenters. The molecule has 0 aliphatic carbocycles. The van der Waals surface area contributed by atoms with E-state index in [0.29, 0.717) is 23.0 Å². The molecule has 0 N–H and O–H groups in total. The molecule has 3 aromatic rings. The van der Waals surface area contributed by atoms with E-state index in [0.717, 1.165) is 17.1 Å². The van der Waals surface area contributed by atoms with Crippen LogP contribution >= 0.6 is 11.8 Å². The van der Waals surface area contributed by atoms with E-state index in [-0.39, 0.29) is 11.5 Å². The molecule has 144 valence electrons. The molecule has 0 amide bonds. The van der Waals surface area contributed by atoms with Crippen LogP contribution in [-0.2, 0) is 6.54 Å². The highest BCUT2D eigenvalue weighted by Crippen LogP contribution is 2.27. The molecule has 0 spiro atoms. The topological polar surface area (TPSA) is 66.2 Å². The summed E-state index contributed by atoms with van der Waals surface area (Å²) in [5, 5.41) is 9.25. The predicted molar refractivity (Wildman–Crippen MR) is 110 cm³/mol. The maximum absolute atomic E-state index is 12.6. The molecule has 0 unspecified atom stereocenters. The Labute approximate surface area is 168 Å². The molecule has 0 saturated carbocycles. The van der Waals surface area contributed by atoms with Crippen molar-refractivity contribution >= 4 is 17.5 Å². The number of benzene rings is 2. The van der Waals surface area contributed by atoms with Crippen molar-refractivity contribution < 1.29 is 14.3 Å². The SMILES string of the molecule is C=CCn1c(SCC(=O)c2ccccc2OC)nnc1-c1ccc(OC)cc1. The van der Waals surface area contributed by atoms with Gasteiger partial charge in [0.05, 0.1) is 25.5 Å². The van der Waals surface area contributed by atoms with E-state index < -0.39 is 0 Å². The van der Waals surface area contributed by atoms with Gasteiger partial charge in [0.15, 0.2) is 16.8 Å². The van der Waals surface area contributed by atoms with Gasteiger partial charge in [-0.05, 0) is 36.4 Å². The number of ketones is 1. The highest BCUT2D eigenvalue weighted by atomic mass is 32.2. The summed E-state index contributed by atoms with van der Waals surface area (Å²) in [6.07, 6.45) is 1.78. The lowest BCUT2D eigenvalue weighted by atomic mass is 10.1. The first-order valence-corrected chi connectivity index (χ1v) is 9.64. The van der Waals surface area contributed by atoms with Crippen LogP contribution in [0.5, 0.6) is 11.5 Å². The number of hydrogen-bond acceptors (Lipinski definition) is 6. The van der Waals surface area contributed by atoms with Gasteiger partial charge < -0.3 is 9.47 Å². The van der Waals surface area contributed by atoms with Gasteiger partial charge in [-0.25, -0.2) is 0 Å². The van der Waals surface area contributed by atoms with Crippen LogP contribution in [0.2, 0.25) is 0 Å². The number of rotatable bonds is 9. The Hall–Kier alpha value is -3.06. The summed E-state index contributed by atoms with van der Waals surface area (Å²) in [6.45, 7) is 4.36. The minimum atomic E-state index is -0.0263. The van der Waals surface area contributed by atoms with Gasteiger partial charge in [-0.15, -0.1) is 16.8 Å². The summed E-state index contributed by atoms with van der Waals surface area (Å²) in [5.74, 6) is 2.27. The third-order valence-electron chi connectivity index (χ3n) is 4.12. The number of carbonyl (C=O) groups is 1. The van der Waals surface area contributed by atoms with E-state index in [1.165, 1.54) is 11.8 Å². The van der Waals surface area contributed by atoms with Crippen LogP contribution in [0.1, 0.15) is 10.4 Å². The maximum atomic E-state index is 12.6. The Kier molecular flexibility index (Phi) is 6.49. The van der Waals surface area contributed by atoms with Crippen molar-refractivity contribution in [3.8, 4) is 22.9 Å². The van der Waals surface area contributed by atoms with Gasteiger partial charge in [0.1, 0.15) is 11.5 Å². The Morgan fingerprint density at radius 1 is 1.11 bits per heavy atom. The lowest BCUT2D eigenvalue weighted by molar-refractivity contribution is 0.101. The van der Waals surface area contributed by atoms with Crippen molar-refractivity contribution in [2.75, 3.05) is 20.0 Å². The van der Waals surface area contributed by atoms with E-state index >= 15 is 0 Å². The van der Waals surface area contributed by atoms with Gasteiger partial charge >= 0.3 is 0 Å². The molecule has 0 bridgehead atoms. The van der Waals surface area contributed by atoms with E-state index in [1.54, 1.807) is 32.4 Å². The standard InChI is InChI=1S/C21H21N3O3S/c1-4-13-24-20(15-9-11-16(26-2)12-10-15)22-23-21(24)28-14-18(25)17-7-5-6-8-19(17)27-3/h4-12H,1,13-14H2,2-3H3. The smallest absolute Gasteiger partial charge is 0.192 e. The molecule has 0 fully saturated rings. The molecule has 3 rings (SSSR count). The van der Waals surface area contributed by atoms with E-state index in [9.17, 15) is 4.79 Å². The molecule has 6 nitrogen and oxygen atoms in total. The van der Waals surface area contributed by atoms with Crippen LogP contribution < -0.4 is 9.47 Å². The average molecular weight is 395 g/mol. The predicted octanol–water partition coefficient (Wildman–Crippen LogP) is 4.12. The second kappa shape index (κ2) is 9.23.